The van der Waals surface area contributed by atoms with Gasteiger partial charge in [-0.15, -0.1) is 6.58 Å². The van der Waals surface area contributed by atoms with Gasteiger partial charge in [0, 0.05) is 56.6 Å². The average Bonchev–Trinajstić information content (AvgIpc) is 2.73. The minimum atomic E-state index is -0.240. The molecule has 1 aliphatic heterocycles. The summed E-state index contributed by atoms with van der Waals surface area (Å²) >= 11 is 0. The first-order valence-electron chi connectivity index (χ1n) is 10.4. The van der Waals surface area contributed by atoms with Gasteiger partial charge in [0.05, 0.1) is 0 Å². The Morgan fingerprint density at radius 3 is 2.30 bits per heavy atom. The van der Waals surface area contributed by atoms with Gasteiger partial charge in [-0.05, 0) is 38.1 Å². The molecule has 0 radical (unpaired) electrons. The van der Waals surface area contributed by atoms with Crippen LogP contribution in [0.1, 0.15) is 27.2 Å². The summed E-state index contributed by atoms with van der Waals surface area (Å²) in [6.07, 6.45) is 1.96. The molecule has 1 fully saturated rings. The van der Waals surface area contributed by atoms with Crippen molar-refractivity contribution < 1.29 is 14.4 Å². The molecule has 4 amide bonds. The second-order valence-electron chi connectivity index (χ2n) is 7.59. The van der Waals surface area contributed by atoms with Gasteiger partial charge in [-0.2, -0.15) is 0 Å². The third-order valence-corrected chi connectivity index (χ3v) is 4.83. The molecule has 1 aromatic carbocycles. The topological polar surface area (TPSA) is 85.0 Å². The quantitative estimate of drug-likeness (QED) is 0.638. The van der Waals surface area contributed by atoms with Crippen LogP contribution in [0.2, 0.25) is 0 Å². The zero-order valence-corrected chi connectivity index (χ0v) is 18.2. The van der Waals surface area contributed by atoms with Crippen molar-refractivity contribution in [3.05, 3.63) is 36.9 Å². The van der Waals surface area contributed by atoms with Gasteiger partial charge in [0.25, 0.3) is 0 Å². The van der Waals surface area contributed by atoms with Crippen molar-refractivity contribution in [3.8, 4) is 0 Å². The fraction of sp³-hybridized carbons (Fsp3) is 0.500. The summed E-state index contributed by atoms with van der Waals surface area (Å²) < 4.78 is 0. The zero-order valence-electron chi connectivity index (χ0n) is 18.2. The lowest BCUT2D eigenvalue weighted by molar-refractivity contribution is -0.133. The number of carbonyl (C=O) groups is 3. The SMILES string of the molecule is C=CCN(CC(=O)Nc1ccc(N2CCN(C(=O)NC(C)C)CC2)cc1)C(=O)CC. The molecule has 8 nitrogen and oxygen atoms in total. The van der Waals surface area contributed by atoms with E-state index >= 15 is 0 Å². The second-order valence-corrected chi connectivity index (χ2v) is 7.59. The van der Waals surface area contributed by atoms with E-state index in [0.29, 0.717) is 31.7 Å². The van der Waals surface area contributed by atoms with Gasteiger partial charge in [-0.1, -0.05) is 13.0 Å². The van der Waals surface area contributed by atoms with E-state index in [9.17, 15) is 14.4 Å². The van der Waals surface area contributed by atoms with E-state index < -0.39 is 0 Å². The predicted molar refractivity (Wildman–Crippen MR) is 120 cm³/mol. The number of anilines is 2. The number of urea groups is 1. The van der Waals surface area contributed by atoms with E-state index in [4.69, 9.17) is 0 Å². The number of rotatable bonds is 8. The summed E-state index contributed by atoms with van der Waals surface area (Å²) in [6, 6.07) is 7.72. The Bertz CT molecular complexity index is 740. The first-order valence-corrected chi connectivity index (χ1v) is 10.4. The van der Waals surface area contributed by atoms with Crippen LogP contribution in [0, 0.1) is 0 Å². The summed E-state index contributed by atoms with van der Waals surface area (Å²) in [7, 11) is 0. The number of benzene rings is 1. The molecule has 0 aliphatic carbocycles. The van der Waals surface area contributed by atoms with Gasteiger partial charge < -0.3 is 25.3 Å². The Balaban J connectivity index is 1.86. The largest absolute Gasteiger partial charge is 0.368 e. The van der Waals surface area contributed by atoms with E-state index in [2.05, 4.69) is 22.1 Å². The maximum absolute atomic E-state index is 12.3. The van der Waals surface area contributed by atoms with Crippen molar-refractivity contribution in [2.24, 2.45) is 0 Å². The van der Waals surface area contributed by atoms with Crippen molar-refractivity contribution in [3.63, 3.8) is 0 Å². The van der Waals surface area contributed by atoms with Gasteiger partial charge in [0.2, 0.25) is 11.8 Å². The Hall–Kier alpha value is -3.03. The van der Waals surface area contributed by atoms with E-state index in [0.717, 1.165) is 18.8 Å². The van der Waals surface area contributed by atoms with Crippen molar-refractivity contribution in [2.45, 2.75) is 33.2 Å². The maximum Gasteiger partial charge on any atom is 0.317 e. The van der Waals surface area contributed by atoms with Crippen LogP contribution < -0.4 is 15.5 Å². The Morgan fingerprint density at radius 2 is 1.77 bits per heavy atom. The summed E-state index contributed by atoms with van der Waals surface area (Å²) in [4.78, 5) is 41.8. The number of nitrogens with zero attached hydrogens (tertiary/aromatic N) is 3. The standard InChI is InChI=1S/C22H33N5O3/c1-5-11-27(21(29)6-2)16-20(28)24-18-7-9-19(10-8-18)25-12-14-26(15-13-25)22(30)23-17(3)4/h5,7-10,17H,1,6,11-16H2,2-4H3,(H,23,30)(H,24,28). The molecule has 0 bridgehead atoms. The first kappa shape index (κ1) is 23.3. The fourth-order valence-electron chi connectivity index (χ4n) is 3.27. The predicted octanol–water partition coefficient (Wildman–Crippen LogP) is 2.29. The van der Waals surface area contributed by atoms with Gasteiger partial charge >= 0.3 is 6.03 Å². The molecule has 30 heavy (non-hydrogen) atoms. The average molecular weight is 416 g/mol. The van der Waals surface area contributed by atoms with Gasteiger partial charge in [0.15, 0.2) is 0 Å². The van der Waals surface area contributed by atoms with Crippen LogP contribution >= 0.6 is 0 Å². The molecule has 0 unspecified atom stereocenters. The lowest BCUT2D eigenvalue weighted by Crippen LogP contribution is -2.52. The molecule has 1 aromatic rings. The summed E-state index contributed by atoms with van der Waals surface area (Å²) in [5.41, 5.74) is 1.73. The highest BCUT2D eigenvalue weighted by Gasteiger charge is 2.21. The van der Waals surface area contributed by atoms with Crippen LogP contribution in [-0.2, 0) is 9.59 Å². The summed E-state index contributed by atoms with van der Waals surface area (Å²) in [5, 5.41) is 5.76. The van der Waals surface area contributed by atoms with E-state index in [1.165, 1.54) is 4.90 Å². The van der Waals surface area contributed by atoms with E-state index in [1.54, 1.807) is 13.0 Å². The van der Waals surface area contributed by atoms with Crippen LogP contribution in [-0.4, -0.2) is 73.0 Å². The van der Waals surface area contributed by atoms with Gasteiger partial charge in [0.1, 0.15) is 6.54 Å². The third-order valence-electron chi connectivity index (χ3n) is 4.83. The molecule has 1 aliphatic rings. The summed E-state index contributed by atoms with van der Waals surface area (Å²) in [6.45, 7) is 12.5. The minimum Gasteiger partial charge on any atom is -0.368 e. The van der Waals surface area contributed by atoms with Crippen LogP contribution in [0.15, 0.2) is 36.9 Å². The highest BCUT2D eigenvalue weighted by atomic mass is 16.2. The molecular weight excluding hydrogens is 382 g/mol. The zero-order chi connectivity index (χ0) is 22.1. The normalized spacial score (nSPS) is 13.7. The number of carbonyl (C=O) groups excluding carboxylic acids is 3. The second kappa shape index (κ2) is 11.2. The number of piperazine rings is 1. The molecule has 0 spiro atoms. The highest BCUT2D eigenvalue weighted by Crippen LogP contribution is 2.19. The maximum atomic E-state index is 12.3. The molecule has 1 saturated heterocycles. The number of hydrogen-bond donors (Lipinski definition) is 2. The van der Waals surface area contributed by atoms with Crippen LogP contribution in [0.25, 0.3) is 0 Å². The summed E-state index contributed by atoms with van der Waals surface area (Å²) in [5.74, 6) is -0.321. The van der Waals surface area contributed by atoms with Crippen molar-refractivity contribution in [1.29, 1.82) is 0 Å². The highest BCUT2D eigenvalue weighted by molar-refractivity contribution is 5.94. The van der Waals surface area contributed by atoms with Crippen molar-refractivity contribution in [1.82, 2.24) is 15.1 Å². The molecule has 8 heteroatoms. The molecule has 0 atom stereocenters. The minimum absolute atomic E-state index is 0.000839. The number of hydrogen-bond acceptors (Lipinski definition) is 4. The first-order chi connectivity index (χ1) is 14.3. The van der Waals surface area contributed by atoms with Crippen LogP contribution in [0.4, 0.5) is 16.2 Å². The lowest BCUT2D eigenvalue weighted by atomic mass is 10.2. The van der Waals surface area contributed by atoms with E-state index in [-0.39, 0.29) is 30.4 Å². The van der Waals surface area contributed by atoms with Crippen LogP contribution in [0.3, 0.4) is 0 Å². The third kappa shape index (κ3) is 6.79. The monoisotopic (exact) mass is 415 g/mol. The molecular formula is C22H33N5O3. The molecule has 2 N–H and O–H groups in total. The fourth-order valence-corrected chi connectivity index (χ4v) is 3.27. The smallest absolute Gasteiger partial charge is 0.317 e. The van der Waals surface area contributed by atoms with E-state index in [1.807, 2.05) is 43.0 Å². The molecule has 0 saturated carbocycles. The number of nitrogens with one attached hydrogen (secondary N) is 2. The Morgan fingerprint density at radius 1 is 1.13 bits per heavy atom. The van der Waals surface area contributed by atoms with Crippen molar-refractivity contribution >= 4 is 29.2 Å². The molecule has 0 aromatic heterocycles. The van der Waals surface area contributed by atoms with Crippen molar-refractivity contribution in [2.75, 3.05) is 49.5 Å². The number of amides is 4. The lowest BCUT2D eigenvalue weighted by Gasteiger charge is -2.36. The molecule has 2 rings (SSSR count). The molecule has 1 heterocycles. The van der Waals surface area contributed by atoms with Crippen LogP contribution in [0.5, 0.6) is 0 Å². The van der Waals surface area contributed by atoms with Gasteiger partial charge in [-0.3, -0.25) is 9.59 Å². The van der Waals surface area contributed by atoms with Gasteiger partial charge in [-0.25, -0.2) is 4.79 Å². The Labute approximate surface area is 178 Å². The molecule has 164 valence electrons. The Kier molecular flexibility index (Phi) is 8.70.